The Morgan fingerprint density at radius 3 is 2.96 bits per heavy atom. The van der Waals surface area contributed by atoms with E-state index in [4.69, 9.17) is 16.3 Å². The summed E-state index contributed by atoms with van der Waals surface area (Å²) in [5, 5.41) is 0.716. The van der Waals surface area contributed by atoms with Crippen molar-refractivity contribution in [1.82, 2.24) is 4.90 Å². The SMILES string of the molecule is O=C1OC[C@@H]2CCN(Cc3cccc(Cl)c3)Cc3ccc(F)cc3N12. The van der Waals surface area contributed by atoms with Crippen LogP contribution >= 0.6 is 11.6 Å². The van der Waals surface area contributed by atoms with Crippen LogP contribution in [0.2, 0.25) is 5.02 Å². The van der Waals surface area contributed by atoms with E-state index in [2.05, 4.69) is 4.90 Å². The molecular formula is C19H18ClFN2O2. The van der Waals surface area contributed by atoms with Gasteiger partial charge in [0.05, 0.1) is 11.7 Å². The number of ether oxygens (including phenoxy) is 1. The topological polar surface area (TPSA) is 32.8 Å². The van der Waals surface area contributed by atoms with Gasteiger partial charge in [0.15, 0.2) is 0 Å². The first-order valence-electron chi connectivity index (χ1n) is 8.31. The van der Waals surface area contributed by atoms with Gasteiger partial charge in [-0.25, -0.2) is 9.18 Å². The van der Waals surface area contributed by atoms with Gasteiger partial charge in [-0.3, -0.25) is 9.80 Å². The van der Waals surface area contributed by atoms with Crippen molar-refractivity contribution in [2.75, 3.05) is 18.1 Å². The highest BCUT2D eigenvalue weighted by molar-refractivity contribution is 6.30. The highest BCUT2D eigenvalue weighted by atomic mass is 35.5. The number of carbonyl (C=O) groups excluding carboxylic acids is 1. The molecule has 0 N–H and O–H groups in total. The maximum Gasteiger partial charge on any atom is 0.414 e. The minimum absolute atomic E-state index is 0.0600. The summed E-state index contributed by atoms with van der Waals surface area (Å²) < 4.78 is 19.0. The van der Waals surface area contributed by atoms with Crippen molar-refractivity contribution in [2.24, 2.45) is 0 Å². The third kappa shape index (κ3) is 3.34. The Morgan fingerprint density at radius 2 is 2.12 bits per heavy atom. The maximum absolute atomic E-state index is 13.8. The molecule has 1 saturated heterocycles. The third-order valence-corrected chi connectivity index (χ3v) is 4.97. The minimum Gasteiger partial charge on any atom is -0.447 e. The predicted octanol–water partition coefficient (Wildman–Crippen LogP) is 4.21. The van der Waals surface area contributed by atoms with Gasteiger partial charge in [0.2, 0.25) is 0 Å². The average Bonchev–Trinajstić information content (AvgIpc) is 2.93. The molecule has 0 aromatic heterocycles. The van der Waals surface area contributed by atoms with Crippen LogP contribution in [-0.4, -0.2) is 30.2 Å². The highest BCUT2D eigenvalue weighted by Gasteiger charge is 2.37. The van der Waals surface area contributed by atoms with Crippen molar-refractivity contribution >= 4 is 23.4 Å². The van der Waals surface area contributed by atoms with E-state index in [9.17, 15) is 9.18 Å². The molecular weight excluding hydrogens is 343 g/mol. The van der Waals surface area contributed by atoms with Gasteiger partial charge in [0.25, 0.3) is 0 Å². The Bertz CT molecular complexity index is 814. The number of nitrogens with zero attached hydrogens (tertiary/aromatic N) is 2. The van der Waals surface area contributed by atoms with E-state index in [1.807, 2.05) is 24.3 Å². The van der Waals surface area contributed by atoms with Gasteiger partial charge < -0.3 is 4.74 Å². The lowest BCUT2D eigenvalue weighted by molar-refractivity contribution is 0.177. The van der Waals surface area contributed by atoms with E-state index >= 15 is 0 Å². The Balaban J connectivity index is 1.65. The molecule has 6 heteroatoms. The Hall–Kier alpha value is -2.11. The molecule has 2 aliphatic heterocycles. The smallest absolute Gasteiger partial charge is 0.414 e. The number of fused-ring (bicyclic) bond motifs is 3. The van der Waals surface area contributed by atoms with E-state index in [-0.39, 0.29) is 18.0 Å². The quantitative estimate of drug-likeness (QED) is 0.804. The summed E-state index contributed by atoms with van der Waals surface area (Å²) in [6.07, 6.45) is 0.391. The molecule has 4 nitrogen and oxygen atoms in total. The number of carbonyl (C=O) groups is 1. The van der Waals surface area contributed by atoms with Crippen molar-refractivity contribution < 1.29 is 13.9 Å². The second-order valence-electron chi connectivity index (χ2n) is 6.50. The van der Waals surface area contributed by atoms with Gasteiger partial charge in [-0.1, -0.05) is 29.8 Å². The molecule has 2 aliphatic rings. The van der Waals surface area contributed by atoms with E-state index in [1.54, 1.807) is 11.0 Å². The molecule has 0 saturated carbocycles. The van der Waals surface area contributed by atoms with Crippen LogP contribution in [0.4, 0.5) is 14.9 Å². The summed E-state index contributed by atoms with van der Waals surface area (Å²) >= 11 is 6.09. The number of benzene rings is 2. The number of anilines is 1. The molecule has 25 heavy (non-hydrogen) atoms. The molecule has 2 aromatic carbocycles. The monoisotopic (exact) mass is 360 g/mol. The number of cyclic esters (lactones) is 1. The Morgan fingerprint density at radius 1 is 1.24 bits per heavy atom. The molecule has 1 fully saturated rings. The Kier molecular flexibility index (Phi) is 4.36. The summed E-state index contributed by atoms with van der Waals surface area (Å²) in [6, 6.07) is 12.4. The van der Waals surface area contributed by atoms with Crippen molar-refractivity contribution in [2.45, 2.75) is 25.6 Å². The van der Waals surface area contributed by atoms with Crippen LogP contribution in [0.5, 0.6) is 0 Å². The molecule has 0 radical (unpaired) electrons. The lowest BCUT2D eigenvalue weighted by Gasteiger charge is -2.32. The molecule has 1 atom stereocenters. The van der Waals surface area contributed by atoms with E-state index in [0.717, 1.165) is 30.6 Å². The summed E-state index contributed by atoms with van der Waals surface area (Å²) in [4.78, 5) is 16.0. The highest BCUT2D eigenvalue weighted by Crippen LogP contribution is 2.32. The third-order valence-electron chi connectivity index (χ3n) is 4.74. The Labute approximate surface area is 150 Å². The number of hydrogen-bond acceptors (Lipinski definition) is 3. The van der Waals surface area contributed by atoms with Gasteiger partial charge in [-0.05, 0) is 41.8 Å². The van der Waals surface area contributed by atoms with Crippen LogP contribution < -0.4 is 4.90 Å². The lowest BCUT2D eigenvalue weighted by Crippen LogP contribution is -2.40. The van der Waals surface area contributed by atoms with E-state index in [0.29, 0.717) is 23.9 Å². The zero-order valence-electron chi connectivity index (χ0n) is 13.6. The van der Waals surface area contributed by atoms with Crippen LogP contribution in [0.1, 0.15) is 17.5 Å². The van der Waals surface area contributed by atoms with Crippen molar-refractivity contribution in [3.63, 3.8) is 0 Å². The van der Waals surface area contributed by atoms with Crippen molar-refractivity contribution in [3.05, 3.63) is 64.4 Å². The predicted molar refractivity (Wildman–Crippen MR) is 94.2 cm³/mol. The maximum atomic E-state index is 13.8. The molecule has 0 unspecified atom stereocenters. The van der Waals surface area contributed by atoms with E-state index in [1.165, 1.54) is 12.1 Å². The molecule has 0 aliphatic carbocycles. The first-order chi connectivity index (χ1) is 12.1. The van der Waals surface area contributed by atoms with Gasteiger partial charge in [-0.2, -0.15) is 0 Å². The summed E-state index contributed by atoms with van der Waals surface area (Å²) in [5.41, 5.74) is 2.67. The van der Waals surface area contributed by atoms with Gasteiger partial charge >= 0.3 is 6.09 Å². The summed E-state index contributed by atoms with van der Waals surface area (Å²) in [7, 11) is 0. The standard InChI is InChI=1S/C19H18ClFN2O2/c20-15-3-1-2-13(8-15)10-22-7-6-17-12-25-19(24)23(17)18-9-16(21)5-4-14(18)11-22/h1-5,8-9,17H,6-7,10-12H2/t17-/m0/s1. The second-order valence-corrected chi connectivity index (χ2v) is 6.94. The molecule has 1 amide bonds. The fourth-order valence-electron chi connectivity index (χ4n) is 3.54. The number of rotatable bonds is 2. The molecule has 0 spiro atoms. The van der Waals surface area contributed by atoms with Gasteiger partial charge in [0.1, 0.15) is 12.4 Å². The number of halogens is 2. The summed E-state index contributed by atoms with van der Waals surface area (Å²) in [6.45, 7) is 2.55. The fraction of sp³-hybridized carbons (Fsp3) is 0.316. The number of hydrogen-bond donors (Lipinski definition) is 0. The van der Waals surface area contributed by atoms with E-state index < -0.39 is 0 Å². The molecule has 2 heterocycles. The van der Waals surface area contributed by atoms with Crippen LogP contribution in [0.3, 0.4) is 0 Å². The van der Waals surface area contributed by atoms with Crippen LogP contribution in [-0.2, 0) is 17.8 Å². The molecule has 130 valence electrons. The first-order valence-corrected chi connectivity index (χ1v) is 8.69. The van der Waals surface area contributed by atoms with Gasteiger partial charge in [-0.15, -0.1) is 0 Å². The number of amides is 1. The molecule has 4 rings (SSSR count). The van der Waals surface area contributed by atoms with Crippen molar-refractivity contribution in [1.29, 1.82) is 0 Å². The molecule has 0 bridgehead atoms. The second kappa shape index (κ2) is 6.65. The zero-order valence-corrected chi connectivity index (χ0v) is 14.4. The van der Waals surface area contributed by atoms with Crippen molar-refractivity contribution in [3.8, 4) is 0 Å². The van der Waals surface area contributed by atoms with Crippen LogP contribution in [0, 0.1) is 5.82 Å². The summed E-state index contributed by atoms with van der Waals surface area (Å²) in [5.74, 6) is -0.348. The lowest BCUT2D eigenvalue weighted by atomic mass is 10.0. The fourth-order valence-corrected chi connectivity index (χ4v) is 3.76. The van der Waals surface area contributed by atoms with Crippen LogP contribution in [0.15, 0.2) is 42.5 Å². The average molecular weight is 361 g/mol. The molecule has 2 aromatic rings. The first kappa shape index (κ1) is 16.4. The zero-order chi connectivity index (χ0) is 17.4. The van der Waals surface area contributed by atoms with Crippen LogP contribution in [0.25, 0.3) is 0 Å². The largest absolute Gasteiger partial charge is 0.447 e. The minimum atomic E-state index is -0.389. The van der Waals surface area contributed by atoms with Gasteiger partial charge in [0, 0.05) is 24.7 Å². The normalized spacial score (nSPS) is 20.5.